The molecular formula is C74H68Cl2F8N12O7. The van der Waals surface area contributed by atoms with Gasteiger partial charge in [0.25, 0.3) is 5.91 Å². The highest BCUT2D eigenvalue weighted by Crippen LogP contribution is 2.39. The molecule has 3 amide bonds. The molecule has 0 bridgehead atoms. The van der Waals surface area contributed by atoms with Gasteiger partial charge in [-0.05, 0) is 140 Å². The van der Waals surface area contributed by atoms with Crippen molar-refractivity contribution in [3.8, 4) is 34.8 Å². The summed E-state index contributed by atoms with van der Waals surface area (Å²) in [5.41, 5.74) is 3.43. The van der Waals surface area contributed by atoms with E-state index in [-0.39, 0.29) is 57.9 Å². The van der Waals surface area contributed by atoms with E-state index in [9.17, 15) is 49.5 Å². The largest absolute Gasteiger partial charge is 0.493 e. The van der Waals surface area contributed by atoms with Crippen molar-refractivity contribution in [3.63, 3.8) is 0 Å². The van der Waals surface area contributed by atoms with Crippen LogP contribution < -0.4 is 35.5 Å². The summed E-state index contributed by atoms with van der Waals surface area (Å²) in [5.74, 6) is 6.29. The number of piperazine rings is 1. The Kier molecular flexibility index (Phi) is 25.2. The number of alkyl halides is 6. The number of carbonyl (C=O) groups is 3. The van der Waals surface area contributed by atoms with Gasteiger partial charge in [0.05, 0.1) is 64.8 Å². The monoisotopic (exact) mass is 1460 g/mol. The summed E-state index contributed by atoms with van der Waals surface area (Å²) in [7, 11) is 5.05. The highest BCUT2D eigenvalue weighted by Gasteiger charge is 2.35. The first-order chi connectivity index (χ1) is 49.4. The molecule has 0 radical (unpaired) electrons. The summed E-state index contributed by atoms with van der Waals surface area (Å²) >= 11 is 11.4. The number of Topliss-reactive ketones (excluding diaryl/α,β-unsaturated/α-hetero) is 1. The molecule has 0 unspecified atom stereocenters. The van der Waals surface area contributed by atoms with Crippen LogP contribution in [0.2, 0.25) is 10.0 Å². The number of nitrogens with zero attached hydrogens (tertiary/aromatic N) is 8. The maximum absolute atomic E-state index is 14.4. The summed E-state index contributed by atoms with van der Waals surface area (Å²) in [5, 5.41) is 14.5. The minimum absolute atomic E-state index is 0.0364. The fourth-order valence-electron chi connectivity index (χ4n) is 10.8. The molecule has 4 N–H and O–H groups in total. The lowest BCUT2D eigenvalue weighted by Gasteiger charge is -2.33. The average molecular weight is 1460 g/mol. The van der Waals surface area contributed by atoms with E-state index in [1.54, 1.807) is 42.1 Å². The molecule has 6 heterocycles. The topological polar surface area (TPSA) is 202 Å². The predicted octanol–water partition coefficient (Wildman–Crippen LogP) is 15.2. The predicted molar refractivity (Wildman–Crippen MR) is 376 cm³/mol. The van der Waals surface area contributed by atoms with Crippen molar-refractivity contribution in [2.24, 2.45) is 0 Å². The molecule has 19 nitrogen and oxygen atoms in total. The molecule has 10 aromatic rings. The summed E-state index contributed by atoms with van der Waals surface area (Å²) in [4.78, 5) is 56.0. The minimum atomic E-state index is -4.71. The molecule has 0 saturated carbocycles. The van der Waals surface area contributed by atoms with Gasteiger partial charge < -0.3 is 45.1 Å². The Morgan fingerprint density at radius 3 is 2.19 bits per heavy atom. The molecule has 2 saturated heterocycles. The van der Waals surface area contributed by atoms with Gasteiger partial charge in [-0.2, -0.15) is 31.4 Å². The van der Waals surface area contributed by atoms with Crippen LogP contribution in [-0.2, 0) is 30.1 Å². The number of fused-ring (bicyclic) bond motifs is 2. The molecule has 2 fully saturated rings. The molecule has 12 rings (SSSR count). The Morgan fingerprint density at radius 1 is 0.689 bits per heavy atom. The van der Waals surface area contributed by atoms with Gasteiger partial charge in [-0.3, -0.25) is 24.4 Å². The third-order valence-corrected chi connectivity index (χ3v) is 17.0. The fraction of sp³-hybridized carbons (Fsp3) is 0.257. The first-order valence-corrected chi connectivity index (χ1v) is 32.9. The number of ketones is 1. The second-order valence-corrected chi connectivity index (χ2v) is 24.5. The Bertz CT molecular complexity index is 4750. The number of nitrogens with one attached hydrogen (secondary N) is 4. The highest BCUT2D eigenvalue weighted by atomic mass is 35.5. The van der Waals surface area contributed by atoms with Crippen LogP contribution in [0.25, 0.3) is 16.4 Å². The van der Waals surface area contributed by atoms with E-state index in [0.717, 1.165) is 106 Å². The summed E-state index contributed by atoms with van der Waals surface area (Å²) in [6, 6.07) is 33.4. The van der Waals surface area contributed by atoms with Crippen molar-refractivity contribution in [3.05, 3.63) is 230 Å². The van der Waals surface area contributed by atoms with Crippen LogP contribution in [0.4, 0.5) is 62.8 Å². The van der Waals surface area contributed by atoms with Gasteiger partial charge in [0, 0.05) is 124 Å². The van der Waals surface area contributed by atoms with E-state index in [1.165, 1.54) is 68.1 Å². The molecule has 4 aromatic heterocycles. The first kappa shape index (κ1) is 75.2. The zero-order valence-electron chi connectivity index (χ0n) is 55.9. The maximum atomic E-state index is 14.4. The Balaban J connectivity index is 0.000000167. The van der Waals surface area contributed by atoms with E-state index in [1.807, 2.05) is 61.3 Å². The van der Waals surface area contributed by atoms with E-state index >= 15 is 0 Å². The number of hydrogen-bond acceptors (Lipinski definition) is 15. The number of carbonyl (C=O) groups excluding carboxylic acids is 3. The normalized spacial score (nSPS) is 13.5. The van der Waals surface area contributed by atoms with Gasteiger partial charge in [-0.1, -0.05) is 53.4 Å². The van der Waals surface area contributed by atoms with E-state index in [2.05, 4.69) is 63.0 Å². The van der Waals surface area contributed by atoms with Crippen molar-refractivity contribution in [2.45, 2.75) is 38.7 Å². The molecule has 2 aliphatic rings. The van der Waals surface area contributed by atoms with Crippen LogP contribution >= 0.6 is 23.2 Å². The number of morpholine rings is 1. The number of aromatic nitrogens is 5. The van der Waals surface area contributed by atoms with Gasteiger partial charge in [-0.15, -0.1) is 0 Å². The number of ether oxygens (including phenoxy) is 4. The standard InChI is InChI=1S/C31H29F3N4O.C22H24ClFN4O3.C21H15ClF4N4O3/c1-22-5-7-25(20-24(22)9-10-28-12-11-27-4-3-13-35-38(27)28)30(39)19-23-6-8-26(29(18-23)31(32,33)34)21-37-16-14-36(2)15-17-37;1-29-20-13-19-16(12-21(20)31-8-2-5-28-6-9-30-10-7-28)22(26-14-25-19)27-15-3-4-18(24)17(23)11-15;1-27-19(31)18-10-13(6-7-28-18)33-12-3-5-17(16(23)9-12)30-20(32)29-11-2-4-15(22)14(8-11)21(24,25)26/h3-8,11-13,18,20H,14-17,19,21H2,1-2H3;3-4,11-14H,2,5-10H2,1H3,(H,25,26,27);2-10H,1H3,(H,27,31)(H2,29,30,32). The van der Waals surface area contributed by atoms with Crippen LogP contribution in [0.15, 0.2) is 158 Å². The number of amides is 3. The number of halogens is 10. The lowest BCUT2D eigenvalue weighted by Crippen LogP contribution is -2.44. The number of likely N-dealkylation sites (N-methyl/N-ethyl adjacent to an activating group) is 1. The smallest absolute Gasteiger partial charge is 0.417 e. The van der Waals surface area contributed by atoms with Gasteiger partial charge in [0.2, 0.25) is 0 Å². The van der Waals surface area contributed by atoms with E-state index in [4.69, 9.17) is 42.1 Å². The number of methoxy groups -OCH3 is 1. The molecule has 103 heavy (non-hydrogen) atoms. The van der Waals surface area contributed by atoms with Crippen LogP contribution in [0.1, 0.15) is 66.3 Å². The first-order valence-electron chi connectivity index (χ1n) is 32.1. The lowest BCUT2D eigenvalue weighted by molar-refractivity contribution is -0.139. The minimum Gasteiger partial charge on any atom is -0.493 e. The van der Waals surface area contributed by atoms with Crippen molar-refractivity contribution < 1.29 is 68.5 Å². The fourth-order valence-corrected chi connectivity index (χ4v) is 11.2. The maximum Gasteiger partial charge on any atom is 0.417 e. The van der Waals surface area contributed by atoms with Crippen molar-refractivity contribution in [2.75, 3.05) is 103 Å². The van der Waals surface area contributed by atoms with Crippen LogP contribution in [0.3, 0.4) is 0 Å². The van der Waals surface area contributed by atoms with Crippen molar-refractivity contribution in [1.29, 1.82) is 0 Å². The quantitative estimate of drug-likeness (QED) is 0.0273. The number of urea groups is 1. The average Bonchev–Trinajstić information content (AvgIpc) is 1.41. The lowest BCUT2D eigenvalue weighted by atomic mass is 9.96. The second-order valence-electron chi connectivity index (χ2n) is 23.7. The number of benzene rings is 6. The molecule has 0 atom stereocenters. The Hall–Kier alpha value is -10.5. The van der Waals surface area contributed by atoms with Gasteiger partial charge in [0.15, 0.2) is 17.3 Å². The summed E-state index contributed by atoms with van der Waals surface area (Å²) in [6.45, 7) is 10.3. The third-order valence-electron chi connectivity index (χ3n) is 16.4. The van der Waals surface area contributed by atoms with E-state index < -0.39 is 52.1 Å². The Morgan fingerprint density at radius 2 is 1.46 bits per heavy atom. The van der Waals surface area contributed by atoms with Gasteiger partial charge in [0.1, 0.15) is 46.7 Å². The van der Waals surface area contributed by atoms with E-state index in [0.29, 0.717) is 57.9 Å². The zero-order chi connectivity index (χ0) is 73.4. The Labute approximate surface area is 597 Å². The van der Waals surface area contributed by atoms with Crippen molar-refractivity contribution >= 4 is 80.2 Å². The van der Waals surface area contributed by atoms with Gasteiger partial charge >= 0.3 is 18.4 Å². The third kappa shape index (κ3) is 20.6. The van der Waals surface area contributed by atoms with Crippen LogP contribution in [0, 0.1) is 30.4 Å². The number of hydrogen-bond donors (Lipinski definition) is 4. The number of anilines is 4. The molecule has 29 heteroatoms. The van der Waals surface area contributed by atoms with Gasteiger partial charge in [-0.25, -0.2) is 28.1 Å². The molecular weight excluding hydrogens is 1390 g/mol. The number of aryl methyl sites for hydroxylation is 1. The molecule has 0 aliphatic carbocycles. The molecule has 6 aromatic carbocycles. The number of pyridine rings is 1. The van der Waals surface area contributed by atoms with Crippen LogP contribution in [-0.4, -0.2) is 144 Å². The summed E-state index contributed by atoms with van der Waals surface area (Å²) in [6.07, 6.45) is -3.94. The molecule has 0 spiro atoms. The molecule has 2 aliphatic heterocycles. The summed E-state index contributed by atoms with van der Waals surface area (Å²) < 4.78 is 133. The molecule has 536 valence electrons. The van der Waals surface area contributed by atoms with Crippen LogP contribution in [0.5, 0.6) is 23.0 Å². The highest BCUT2D eigenvalue weighted by molar-refractivity contribution is 6.31. The van der Waals surface area contributed by atoms with Crippen molar-refractivity contribution in [1.82, 2.24) is 44.6 Å². The number of rotatable bonds is 18. The zero-order valence-corrected chi connectivity index (χ0v) is 57.4. The second kappa shape index (κ2) is 34.5. The SMILES string of the molecule is CNC(=O)c1cc(Oc2ccc(NC(=O)Nc3ccc(Cl)c(C(F)(F)F)c3)c(F)c2)ccn1.COc1cc2ncnc(Nc3ccc(F)c(Cl)c3)c2cc1OCCCN1CCOCC1.Cc1ccc(C(=O)Cc2ccc(CN3CCN(C)CC3)c(C(F)(F)F)c2)cc1C#Cc1ccc2cccnn12.